The molecule has 8 heteroatoms. The number of fused-ring (bicyclic) bond motifs is 1. The Morgan fingerprint density at radius 3 is 2.91 bits per heavy atom. The van der Waals surface area contributed by atoms with Crippen LogP contribution in [0.5, 0.6) is 0 Å². The molecule has 0 saturated carbocycles. The predicted molar refractivity (Wildman–Crippen MR) is 83.1 cm³/mol. The summed E-state index contributed by atoms with van der Waals surface area (Å²) in [5.41, 5.74) is 2.22. The van der Waals surface area contributed by atoms with E-state index in [2.05, 4.69) is 4.98 Å². The van der Waals surface area contributed by atoms with Gasteiger partial charge in [-0.2, -0.15) is 4.31 Å². The number of carbonyl (C=O) groups is 1. The number of nitrogens with one attached hydrogen (secondary N) is 1. The zero-order valence-electron chi connectivity index (χ0n) is 12.1. The minimum Gasteiger partial charge on any atom is -0.289 e. The standard InChI is InChI=1S/C15H15N3O4S/c19-15(17-20)14-5-1-2-9-18(14)23(21,22)12-6-7-13-11(10-12)4-3-8-16-13/h1-4,6-8,10,14,20H,5,9H2,(H,17,19)/t14-/m1/s1. The first-order valence-corrected chi connectivity index (χ1v) is 8.43. The summed E-state index contributed by atoms with van der Waals surface area (Å²) in [6.07, 6.45) is 5.24. The maximum Gasteiger partial charge on any atom is 0.262 e. The Morgan fingerprint density at radius 2 is 2.13 bits per heavy atom. The molecule has 2 N–H and O–H groups in total. The summed E-state index contributed by atoms with van der Waals surface area (Å²) in [6.45, 7) is 0.0749. The number of hydroxylamine groups is 1. The predicted octanol–water partition coefficient (Wildman–Crippen LogP) is 1.06. The summed E-state index contributed by atoms with van der Waals surface area (Å²) < 4.78 is 26.8. The second-order valence-electron chi connectivity index (χ2n) is 5.13. The van der Waals surface area contributed by atoms with E-state index in [-0.39, 0.29) is 17.9 Å². The molecule has 1 aliphatic heterocycles. The molecule has 1 atom stereocenters. The lowest BCUT2D eigenvalue weighted by Gasteiger charge is -2.30. The lowest BCUT2D eigenvalue weighted by molar-refractivity contribution is -0.133. The summed E-state index contributed by atoms with van der Waals surface area (Å²) in [7, 11) is -3.88. The minimum absolute atomic E-state index is 0.0749. The normalized spacial score (nSPS) is 18.9. The van der Waals surface area contributed by atoms with Crippen molar-refractivity contribution in [3.63, 3.8) is 0 Å². The van der Waals surface area contributed by atoms with Gasteiger partial charge in [0.15, 0.2) is 0 Å². The molecule has 0 radical (unpaired) electrons. The van der Waals surface area contributed by atoms with E-state index in [4.69, 9.17) is 5.21 Å². The Labute approximate surface area is 133 Å². The summed E-state index contributed by atoms with van der Waals surface area (Å²) in [6, 6.07) is 7.16. The molecule has 23 heavy (non-hydrogen) atoms. The highest BCUT2D eigenvalue weighted by atomic mass is 32.2. The van der Waals surface area contributed by atoms with Gasteiger partial charge in [-0.05, 0) is 30.7 Å². The van der Waals surface area contributed by atoms with Crippen molar-refractivity contribution in [2.75, 3.05) is 6.54 Å². The molecule has 120 valence electrons. The molecular weight excluding hydrogens is 318 g/mol. The van der Waals surface area contributed by atoms with Crippen LogP contribution in [-0.4, -0.2) is 41.4 Å². The van der Waals surface area contributed by atoms with Crippen LogP contribution in [0.2, 0.25) is 0 Å². The molecule has 0 aliphatic carbocycles. The van der Waals surface area contributed by atoms with Gasteiger partial charge in [-0.25, -0.2) is 13.9 Å². The zero-order chi connectivity index (χ0) is 16.4. The van der Waals surface area contributed by atoms with Gasteiger partial charge < -0.3 is 0 Å². The highest BCUT2D eigenvalue weighted by Gasteiger charge is 2.36. The molecule has 1 amide bonds. The Morgan fingerprint density at radius 1 is 1.30 bits per heavy atom. The second-order valence-corrected chi connectivity index (χ2v) is 7.02. The van der Waals surface area contributed by atoms with Crippen LogP contribution in [0.25, 0.3) is 10.9 Å². The number of sulfonamides is 1. The quantitative estimate of drug-likeness (QED) is 0.497. The molecule has 1 aromatic heterocycles. The van der Waals surface area contributed by atoms with Crippen molar-refractivity contribution >= 4 is 26.8 Å². The van der Waals surface area contributed by atoms with Gasteiger partial charge in [-0.3, -0.25) is 15.0 Å². The Bertz CT molecular complexity index is 879. The van der Waals surface area contributed by atoms with Gasteiger partial charge in [0.25, 0.3) is 5.91 Å². The van der Waals surface area contributed by atoms with Crippen LogP contribution < -0.4 is 5.48 Å². The minimum atomic E-state index is -3.88. The number of benzene rings is 1. The molecule has 3 rings (SSSR count). The van der Waals surface area contributed by atoms with E-state index in [9.17, 15) is 13.2 Å². The molecule has 0 fully saturated rings. The summed E-state index contributed by atoms with van der Waals surface area (Å²) in [4.78, 5) is 16.0. The second kappa shape index (κ2) is 6.07. The van der Waals surface area contributed by atoms with Crippen LogP contribution in [0, 0.1) is 0 Å². The Kier molecular flexibility index (Phi) is 4.12. The number of rotatable bonds is 3. The monoisotopic (exact) mass is 333 g/mol. The fourth-order valence-corrected chi connectivity index (χ4v) is 4.16. The average molecular weight is 333 g/mol. The van der Waals surface area contributed by atoms with Gasteiger partial charge in [-0.15, -0.1) is 0 Å². The van der Waals surface area contributed by atoms with Gasteiger partial charge >= 0.3 is 0 Å². The number of pyridine rings is 1. The first kappa shape index (κ1) is 15.6. The van der Waals surface area contributed by atoms with Crippen molar-refractivity contribution < 1.29 is 18.4 Å². The van der Waals surface area contributed by atoms with Crippen LogP contribution in [0.15, 0.2) is 53.6 Å². The third-order valence-electron chi connectivity index (χ3n) is 3.75. The van der Waals surface area contributed by atoms with E-state index in [1.807, 2.05) is 0 Å². The number of carbonyl (C=O) groups excluding carboxylic acids is 1. The summed E-state index contributed by atoms with van der Waals surface area (Å²) in [5.74, 6) is -0.750. The van der Waals surface area contributed by atoms with Crippen molar-refractivity contribution in [1.82, 2.24) is 14.8 Å². The van der Waals surface area contributed by atoms with Crippen LogP contribution in [0.3, 0.4) is 0 Å². The average Bonchev–Trinajstić information content (AvgIpc) is 2.60. The number of amides is 1. The molecule has 2 heterocycles. The number of nitrogens with zero attached hydrogens (tertiary/aromatic N) is 2. The van der Waals surface area contributed by atoms with Crippen LogP contribution in [-0.2, 0) is 14.8 Å². The fourth-order valence-electron chi connectivity index (χ4n) is 2.58. The van der Waals surface area contributed by atoms with Gasteiger partial charge in [0.2, 0.25) is 10.0 Å². The Balaban J connectivity index is 2.04. The molecule has 2 aromatic rings. The van der Waals surface area contributed by atoms with Crippen molar-refractivity contribution in [3.05, 3.63) is 48.7 Å². The topological polar surface area (TPSA) is 99.6 Å². The fraction of sp³-hybridized carbons (Fsp3) is 0.200. The maximum atomic E-state index is 12.9. The van der Waals surface area contributed by atoms with Crippen LogP contribution in [0.1, 0.15) is 6.42 Å². The lowest BCUT2D eigenvalue weighted by Crippen LogP contribution is -2.50. The van der Waals surface area contributed by atoms with Crippen molar-refractivity contribution in [3.8, 4) is 0 Å². The molecule has 1 aliphatic rings. The van der Waals surface area contributed by atoms with Gasteiger partial charge in [0, 0.05) is 18.1 Å². The smallest absolute Gasteiger partial charge is 0.262 e. The first-order valence-electron chi connectivity index (χ1n) is 6.99. The number of hydrogen-bond acceptors (Lipinski definition) is 5. The van der Waals surface area contributed by atoms with E-state index in [0.717, 1.165) is 4.31 Å². The van der Waals surface area contributed by atoms with E-state index < -0.39 is 22.0 Å². The molecule has 7 nitrogen and oxygen atoms in total. The van der Waals surface area contributed by atoms with Gasteiger partial charge in [0.1, 0.15) is 6.04 Å². The largest absolute Gasteiger partial charge is 0.289 e. The van der Waals surface area contributed by atoms with Gasteiger partial charge in [-0.1, -0.05) is 18.2 Å². The number of aromatic nitrogens is 1. The first-order chi connectivity index (χ1) is 11.0. The maximum absolute atomic E-state index is 12.9. The third kappa shape index (κ3) is 2.83. The van der Waals surface area contributed by atoms with Gasteiger partial charge in [0.05, 0.1) is 10.4 Å². The van der Waals surface area contributed by atoms with Crippen LogP contribution in [0.4, 0.5) is 0 Å². The van der Waals surface area contributed by atoms with Crippen molar-refractivity contribution in [2.45, 2.75) is 17.4 Å². The molecular formula is C15H15N3O4S. The molecule has 0 saturated heterocycles. The lowest BCUT2D eigenvalue weighted by atomic mass is 10.1. The van der Waals surface area contributed by atoms with E-state index in [1.54, 1.807) is 36.5 Å². The highest BCUT2D eigenvalue weighted by Crippen LogP contribution is 2.25. The number of hydrogen-bond donors (Lipinski definition) is 2. The summed E-state index contributed by atoms with van der Waals surface area (Å²) >= 11 is 0. The molecule has 0 spiro atoms. The third-order valence-corrected chi connectivity index (χ3v) is 5.62. The van der Waals surface area contributed by atoms with E-state index >= 15 is 0 Å². The summed E-state index contributed by atoms with van der Waals surface area (Å²) in [5, 5.41) is 9.53. The zero-order valence-corrected chi connectivity index (χ0v) is 12.9. The molecule has 0 unspecified atom stereocenters. The van der Waals surface area contributed by atoms with E-state index in [0.29, 0.717) is 10.9 Å². The molecule has 1 aromatic carbocycles. The SMILES string of the molecule is O=C(NO)[C@H]1CC=CCN1S(=O)(=O)c1ccc2ncccc2c1. The van der Waals surface area contributed by atoms with Crippen molar-refractivity contribution in [2.24, 2.45) is 0 Å². The molecule has 0 bridgehead atoms. The highest BCUT2D eigenvalue weighted by molar-refractivity contribution is 7.89. The Hall–Kier alpha value is -2.29. The van der Waals surface area contributed by atoms with Crippen molar-refractivity contribution in [1.29, 1.82) is 0 Å². The van der Waals surface area contributed by atoms with E-state index in [1.165, 1.54) is 17.6 Å². The van der Waals surface area contributed by atoms with Crippen LogP contribution >= 0.6 is 0 Å².